The van der Waals surface area contributed by atoms with Gasteiger partial charge in [0, 0.05) is 30.3 Å². The number of thioether (sulfide) groups is 1. The first kappa shape index (κ1) is 14.6. The van der Waals surface area contributed by atoms with Crippen LogP contribution in [0.15, 0.2) is 29.2 Å². The molecule has 0 aliphatic carbocycles. The fourth-order valence-corrected chi connectivity index (χ4v) is 2.33. The van der Waals surface area contributed by atoms with Gasteiger partial charge in [0.1, 0.15) is 0 Å². The van der Waals surface area contributed by atoms with Gasteiger partial charge in [-0.15, -0.1) is 11.8 Å². The summed E-state index contributed by atoms with van der Waals surface area (Å²) in [4.78, 5) is 1.36. The number of hydrogen-bond acceptors (Lipinski definition) is 3. The van der Waals surface area contributed by atoms with Gasteiger partial charge in [0.05, 0.1) is 6.61 Å². The zero-order valence-corrected chi connectivity index (χ0v) is 11.8. The Morgan fingerprint density at radius 2 is 2.00 bits per heavy atom. The maximum absolute atomic E-state index is 4.99. The van der Waals surface area contributed by atoms with Gasteiger partial charge in [-0.2, -0.15) is 0 Å². The van der Waals surface area contributed by atoms with Gasteiger partial charge in [-0.1, -0.05) is 26.0 Å². The highest BCUT2D eigenvalue weighted by Gasteiger charge is 2.01. The lowest BCUT2D eigenvalue weighted by Crippen LogP contribution is -2.18. The molecule has 0 amide bonds. The number of nitrogens with one attached hydrogen (secondary N) is 1. The smallest absolute Gasteiger partial charge is 0.0587 e. The summed E-state index contributed by atoms with van der Waals surface area (Å²) in [5.74, 6) is 0. The highest BCUT2D eigenvalue weighted by atomic mass is 32.2. The Labute approximate surface area is 109 Å². The first-order valence-corrected chi connectivity index (χ1v) is 7.09. The molecule has 0 aliphatic heterocycles. The molecular formula is C14H23NOS. The SMILES string of the molecule is CCC(C)Sc1ccc(CNCCOC)cc1. The molecule has 0 radical (unpaired) electrons. The van der Waals surface area contributed by atoms with E-state index in [9.17, 15) is 0 Å². The van der Waals surface area contributed by atoms with Crippen molar-refractivity contribution in [2.75, 3.05) is 20.3 Å². The fraction of sp³-hybridized carbons (Fsp3) is 0.571. The van der Waals surface area contributed by atoms with Crippen LogP contribution in [-0.4, -0.2) is 25.5 Å². The van der Waals surface area contributed by atoms with Gasteiger partial charge in [0.2, 0.25) is 0 Å². The van der Waals surface area contributed by atoms with Gasteiger partial charge in [-0.25, -0.2) is 0 Å². The second-order valence-corrected chi connectivity index (χ2v) is 5.66. The largest absolute Gasteiger partial charge is 0.383 e. The molecule has 1 N–H and O–H groups in total. The first-order valence-electron chi connectivity index (χ1n) is 6.21. The molecule has 2 nitrogen and oxygen atoms in total. The van der Waals surface area contributed by atoms with E-state index in [-0.39, 0.29) is 0 Å². The molecule has 0 bridgehead atoms. The van der Waals surface area contributed by atoms with Crippen LogP contribution in [0.4, 0.5) is 0 Å². The van der Waals surface area contributed by atoms with Gasteiger partial charge in [0.25, 0.3) is 0 Å². The van der Waals surface area contributed by atoms with Gasteiger partial charge < -0.3 is 10.1 Å². The minimum atomic E-state index is 0.695. The Bertz CT molecular complexity index is 300. The van der Waals surface area contributed by atoms with Crippen LogP contribution in [0.1, 0.15) is 25.8 Å². The van der Waals surface area contributed by atoms with E-state index in [2.05, 4.69) is 43.4 Å². The van der Waals surface area contributed by atoms with Crippen molar-refractivity contribution in [2.24, 2.45) is 0 Å². The Morgan fingerprint density at radius 3 is 2.59 bits per heavy atom. The summed E-state index contributed by atoms with van der Waals surface area (Å²) < 4.78 is 4.99. The highest BCUT2D eigenvalue weighted by Crippen LogP contribution is 2.24. The summed E-state index contributed by atoms with van der Waals surface area (Å²) in [6.45, 7) is 7.08. The summed E-state index contributed by atoms with van der Waals surface area (Å²) >= 11 is 1.94. The predicted molar refractivity (Wildman–Crippen MR) is 75.6 cm³/mol. The molecule has 1 unspecified atom stereocenters. The molecule has 1 rings (SSSR count). The van der Waals surface area contributed by atoms with Crippen molar-refractivity contribution >= 4 is 11.8 Å². The van der Waals surface area contributed by atoms with E-state index in [1.165, 1.54) is 16.9 Å². The minimum Gasteiger partial charge on any atom is -0.383 e. The molecule has 1 atom stereocenters. The number of ether oxygens (including phenoxy) is 1. The number of methoxy groups -OCH3 is 1. The molecule has 17 heavy (non-hydrogen) atoms. The normalized spacial score (nSPS) is 12.6. The third-order valence-electron chi connectivity index (χ3n) is 2.65. The van der Waals surface area contributed by atoms with Crippen LogP contribution in [0.25, 0.3) is 0 Å². The van der Waals surface area contributed by atoms with Gasteiger partial charge in [-0.05, 0) is 24.1 Å². The molecule has 1 aromatic rings. The lowest BCUT2D eigenvalue weighted by molar-refractivity contribution is 0.199. The molecule has 1 aromatic carbocycles. The minimum absolute atomic E-state index is 0.695. The van der Waals surface area contributed by atoms with Crippen LogP contribution < -0.4 is 5.32 Å². The summed E-state index contributed by atoms with van der Waals surface area (Å²) in [5.41, 5.74) is 1.33. The molecule has 0 heterocycles. The van der Waals surface area contributed by atoms with Gasteiger partial charge in [0.15, 0.2) is 0 Å². The quantitative estimate of drug-likeness (QED) is 0.567. The second-order valence-electron chi connectivity index (χ2n) is 4.15. The topological polar surface area (TPSA) is 21.3 Å². The number of hydrogen-bond donors (Lipinski definition) is 1. The summed E-state index contributed by atoms with van der Waals surface area (Å²) in [7, 11) is 1.72. The van der Waals surface area contributed by atoms with E-state index in [0.717, 1.165) is 19.7 Å². The standard InChI is InChI=1S/C14H23NOS/c1-4-12(2)17-14-7-5-13(6-8-14)11-15-9-10-16-3/h5-8,12,15H,4,9-11H2,1-3H3. The van der Waals surface area contributed by atoms with E-state index in [4.69, 9.17) is 4.74 Å². The van der Waals surface area contributed by atoms with Crippen molar-refractivity contribution in [2.45, 2.75) is 37.0 Å². The van der Waals surface area contributed by atoms with Crippen LogP contribution in [0.5, 0.6) is 0 Å². The maximum Gasteiger partial charge on any atom is 0.0587 e. The molecule has 0 saturated carbocycles. The van der Waals surface area contributed by atoms with Gasteiger partial charge in [-0.3, -0.25) is 0 Å². The molecule has 3 heteroatoms. The molecule has 96 valence electrons. The summed E-state index contributed by atoms with van der Waals surface area (Å²) in [6, 6.07) is 8.82. The van der Waals surface area contributed by atoms with Crippen LogP contribution in [0.2, 0.25) is 0 Å². The maximum atomic E-state index is 4.99. The monoisotopic (exact) mass is 253 g/mol. The number of rotatable bonds is 8. The molecule has 0 spiro atoms. The summed E-state index contributed by atoms with van der Waals surface area (Å²) in [6.07, 6.45) is 1.21. The summed E-state index contributed by atoms with van der Waals surface area (Å²) in [5, 5.41) is 4.04. The van der Waals surface area contributed by atoms with E-state index in [1.807, 2.05) is 11.8 Å². The van der Waals surface area contributed by atoms with E-state index >= 15 is 0 Å². The molecule has 0 saturated heterocycles. The van der Waals surface area contributed by atoms with Crippen LogP contribution in [0, 0.1) is 0 Å². The van der Waals surface area contributed by atoms with Crippen molar-refractivity contribution in [3.8, 4) is 0 Å². The Kier molecular flexibility index (Phi) is 7.33. The Balaban J connectivity index is 2.34. The predicted octanol–water partition coefficient (Wildman–Crippen LogP) is 3.31. The van der Waals surface area contributed by atoms with Crippen molar-refractivity contribution in [1.82, 2.24) is 5.32 Å². The third-order valence-corrected chi connectivity index (χ3v) is 3.93. The molecule has 0 aliphatic rings. The highest BCUT2D eigenvalue weighted by molar-refractivity contribution is 7.99. The van der Waals surface area contributed by atoms with Crippen molar-refractivity contribution < 1.29 is 4.74 Å². The average Bonchev–Trinajstić information content (AvgIpc) is 2.36. The second kappa shape index (κ2) is 8.56. The zero-order valence-electron chi connectivity index (χ0n) is 11.0. The molecule has 0 fully saturated rings. The molecular weight excluding hydrogens is 230 g/mol. The lowest BCUT2D eigenvalue weighted by Gasteiger charge is -2.09. The number of benzene rings is 1. The van der Waals surface area contributed by atoms with Crippen molar-refractivity contribution in [3.05, 3.63) is 29.8 Å². The zero-order chi connectivity index (χ0) is 12.5. The van der Waals surface area contributed by atoms with Crippen molar-refractivity contribution in [3.63, 3.8) is 0 Å². The van der Waals surface area contributed by atoms with Crippen LogP contribution >= 0.6 is 11.8 Å². The average molecular weight is 253 g/mol. The Morgan fingerprint density at radius 1 is 1.29 bits per heavy atom. The van der Waals surface area contributed by atoms with Crippen LogP contribution in [-0.2, 0) is 11.3 Å². The van der Waals surface area contributed by atoms with Crippen LogP contribution in [0.3, 0.4) is 0 Å². The van der Waals surface area contributed by atoms with E-state index in [1.54, 1.807) is 7.11 Å². The lowest BCUT2D eigenvalue weighted by atomic mass is 10.2. The molecule has 0 aromatic heterocycles. The first-order chi connectivity index (χ1) is 8.26. The van der Waals surface area contributed by atoms with Crippen molar-refractivity contribution in [1.29, 1.82) is 0 Å². The fourth-order valence-electron chi connectivity index (χ4n) is 1.41. The Hall–Kier alpha value is -0.510. The van der Waals surface area contributed by atoms with Gasteiger partial charge >= 0.3 is 0 Å². The third kappa shape index (κ3) is 6.10. The van der Waals surface area contributed by atoms with E-state index in [0.29, 0.717) is 5.25 Å². The van der Waals surface area contributed by atoms with E-state index < -0.39 is 0 Å².